The second-order valence-corrected chi connectivity index (χ2v) is 7.17. The molecule has 2 amide bonds. The van der Waals surface area contributed by atoms with Gasteiger partial charge in [0.05, 0.1) is 12.1 Å². The third-order valence-electron chi connectivity index (χ3n) is 5.89. The van der Waals surface area contributed by atoms with Gasteiger partial charge in [-0.3, -0.25) is 14.6 Å². The van der Waals surface area contributed by atoms with Gasteiger partial charge in [0.1, 0.15) is 5.69 Å². The average Bonchev–Trinajstić information content (AvgIpc) is 2.95. The predicted molar refractivity (Wildman–Crippen MR) is 96.5 cm³/mol. The van der Waals surface area contributed by atoms with Crippen LogP contribution >= 0.6 is 0 Å². The maximum Gasteiger partial charge on any atom is 0.274 e. The first-order valence-corrected chi connectivity index (χ1v) is 8.99. The third kappa shape index (κ3) is 2.75. The topological polar surface area (TPSA) is 66.4 Å². The number of benzene rings is 1. The fraction of sp³-hybridized carbons (Fsp3) is 0.400. The molecule has 6 heteroatoms. The molecular formula is C20H22N4O2. The second-order valence-electron chi connectivity index (χ2n) is 7.17. The van der Waals surface area contributed by atoms with E-state index in [0.29, 0.717) is 18.8 Å². The van der Waals surface area contributed by atoms with Crippen molar-refractivity contribution in [2.24, 2.45) is 0 Å². The molecule has 1 aromatic carbocycles. The molecule has 0 unspecified atom stereocenters. The lowest BCUT2D eigenvalue weighted by Crippen LogP contribution is -2.52. The van der Waals surface area contributed by atoms with E-state index < -0.39 is 0 Å². The lowest BCUT2D eigenvalue weighted by atomic mass is 9.81. The number of carbonyl (C=O) groups is 2. The number of likely N-dealkylation sites (N-methyl/N-ethyl adjacent to an activating group) is 1. The van der Waals surface area contributed by atoms with Crippen LogP contribution in [0.15, 0.2) is 48.9 Å². The van der Waals surface area contributed by atoms with Crippen LogP contribution < -0.4 is 0 Å². The molecule has 4 rings (SSSR count). The van der Waals surface area contributed by atoms with Gasteiger partial charge in [-0.05, 0) is 24.8 Å². The predicted octanol–water partition coefficient (Wildman–Crippen LogP) is 2.10. The Kier molecular flexibility index (Phi) is 4.18. The Hall–Kier alpha value is -2.76. The molecule has 0 radical (unpaired) electrons. The van der Waals surface area contributed by atoms with E-state index in [-0.39, 0.29) is 23.3 Å². The fourth-order valence-corrected chi connectivity index (χ4v) is 4.25. The number of hydrogen-bond donors (Lipinski definition) is 0. The summed E-state index contributed by atoms with van der Waals surface area (Å²) < 4.78 is 0. The Balaban J connectivity index is 1.48. The van der Waals surface area contributed by atoms with E-state index in [1.54, 1.807) is 6.20 Å². The van der Waals surface area contributed by atoms with Gasteiger partial charge in [-0.15, -0.1) is 0 Å². The van der Waals surface area contributed by atoms with E-state index >= 15 is 0 Å². The first-order chi connectivity index (χ1) is 12.6. The van der Waals surface area contributed by atoms with Crippen molar-refractivity contribution in [2.45, 2.75) is 30.7 Å². The van der Waals surface area contributed by atoms with E-state index in [1.165, 1.54) is 12.4 Å². The van der Waals surface area contributed by atoms with Gasteiger partial charge in [0, 0.05) is 38.1 Å². The van der Waals surface area contributed by atoms with Crippen LogP contribution in [0.5, 0.6) is 0 Å². The first kappa shape index (κ1) is 16.7. The second kappa shape index (κ2) is 6.52. The lowest BCUT2D eigenvalue weighted by Gasteiger charge is -2.43. The van der Waals surface area contributed by atoms with Crippen LogP contribution in [0.3, 0.4) is 0 Å². The summed E-state index contributed by atoms with van der Waals surface area (Å²) in [5.41, 5.74) is 1.30. The molecule has 2 aliphatic heterocycles. The van der Waals surface area contributed by atoms with Crippen LogP contribution in [0, 0.1) is 0 Å². The lowest BCUT2D eigenvalue weighted by molar-refractivity contribution is -0.131. The molecule has 0 aliphatic carbocycles. The summed E-state index contributed by atoms with van der Waals surface area (Å²) in [5, 5.41) is 0. The molecule has 0 N–H and O–H groups in total. The highest BCUT2D eigenvalue weighted by Crippen LogP contribution is 2.44. The standard InChI is InChI=1S/C20H22N4O2/c1-23-18(25)16(15-5-3-2-4-6-15)13-20(23)7-11-24(12-8-20)19(26)17-14-21-9-10-22-17/h2-6,9-10,14,16H,7-8,11-13H2,1H3/t16-/m0/s1. The number of likely N-dealkylation sites (tertiary alicyclic amines) is 2. The summed E-state index contributed by atoms with van der Waals surface area (Å²) in [6, 6.07) is 9.99. The van der Waals surface area contributed by atoms with E-state index in [2.05, 4.69) is 9.97 Å². The molecule has 3 heterocycles. The van der Waals surface area contributed by atoms with E-state index in [0.717, 1.165) is 24.8 Å². The van der Waals surface area contributed by atoms with Gasteiger partial charge in [-0.2, -0.15) is 0 Å². The van der Waals surface area contributed by atoms with Crippen LogP contribution in [0.2, 0.25) is 0 Å². The van der Waals surface area contributed by atoms with Crippen LogP contribution in [-0.4, -0.2) is 57.3 Å². The van der Waals surface area contributed by atoms with E-state index in [4.69, 9.17) is 0 Å². The Labute approximate surface area is 152 Å². The molecule has 26 heavy (non-hydrogen) atoms. The Bertz CT molecular complexity index is 801. The maximum absolute atomic E-state index is 12.8. The van der Waals surface area contributed by atoms with Crippen molar-refractivity contribution in [3.05, 3.63) is 60.2 Å². The number of hydrogen-bond acceptors (Lipinski definition) is 4. The zero-order valence-electron chi connectivity index (χ0n) is 14.8. The molecule has 2 fully saturated rings. The molecule has 2 aliphatic rings. The van der Waals surface area contributed by atoms with Gasteiger partial charge in [-0.25, -0.2) is 4.98 Å². The number of carbonyl (C=O) groups excluding carboxylic acids is 2. The normalized spacial score (nSPS) is 22.0. The van der Waals surface area contributed by atoms with Crippen molar-refractivity contribution in [1.29, 1.82) is 0 Å². The fourth-order valence-electron chi connectivity index (χ4n) is 4.25. The molecule has 0 bridgehead atoms. The molecular weight excluding hydrogens is 328 g/mol. The number of amides is 2. The molecule has 1 spiro atoms. The third-order valence-corrected chi connectivity index (χ3v) is 5.89. The van der Waals surface area contributed by atoms with Gasteiger partial charge in [0.15, 0.2) is 0 Å². The van der Waals surface area contributed by atoms with Gasteiger partial charge in [-0.1, -0.05) is 30.3 Å². The van der Waals surface area contributed by atoms with Crippen molar-refractivity contribution in [3.63, 3.8) is 0 Å². The zero-order chi connectivity index (χ0) is 18.1. The maximum atomic E-state index is 12.8. The smallest absolute Gasteiger partial charge is 0.274 e. The molecule has 2 aromatic rings. The highest BCUT2D eigenvalue weighted by atomic mass is 16.2. The van der Waals surface area contributed by atoms with E-state index in [1.807, 2.05) is 47.2 Å². The van der Waals surface area contributed by atoms with Crippen molar-refractivity contribution >= 4 is 11.8 Å². The monoisotopic (exact) mass is 350 g/mol. The number of nitrogens with zero attached hydrogens (tertiary/aromatic N) is 4. The summed E-state index contributed by atoms with van der Waals surface area (Å²) >= 11 is 0. The quantitative estimate of drug-likeness (QED) is 0.832. The minimum absolute atomic E-state index is 0.0801. The summed E-state index contributed by atoms with van der Waals surface area (Å²) in [6.07, 6.45) is 7.01. The molecule has 0 saturated carbocycles. The molecule has 2 saturated heterocycles. The minimum Gasteiger partial charge on any atom is -0.339 e. The molecule has 134 valence electrons. The Morgan fingerprint density at radius 1 is 1.15 bits per heavy atom. The summed E-state index contributed by atoms with van der Waals surface area (Å²) in [5.74, 6) is 0.0212. The summed E-state index contributed by atoms with van der Waals surface area (Å²) in [4.78, 5) is 37.2. The van der Waals surface area contributed by atoms with Crippen LogP contribution in [0.25, 0.3) is 0 Å². The minimum atomic E-state index is -0.156. The molecule has 1 aromatic heterocycles. The summed E-state index contributed by atoms with van der Waals surface area (Å²) in [6.45, 7) is 1.27. The number of piperidine rings is 1. The zero-order valence-corrected chi connectivity index (χ0v) is 14.8. The van der Waals surface area contributed by atoms with Crippen molar-refractivity contribution in [2.75, 3.05) is 20.1 Å². The Morgan fingerprint density at radius 3 is 2.54 bits per heavy atom. The summed E-state index contributed by atoms with van der Waals surface area (Å²) in [7, 11) is 1.91. The number of aromatic nitrogens is 2. The Morgan fingerprint density at radius 2 is 1.88 bits per heavy atom. The van der Waals surface area contributed by atoms with Crippen molar-refractivity contribution in [3.8, 4) is 0 Å². The van der Waals surface area contributed by atoms with Crippen LogP contribution in [0.1, 0.15) is 41.2 Å². The van der Waals surface area contributed by atoms with Crippen LogP contribution in [-0.2, 0) is 4.79 Å². The van der Waals surface area contributed by atoms with Crippen molar-refractivity contribution in [1.82, 2.24) is 19.8 Å². The van der Waals surface area contributed by atoms with Crippen molar-refractivity contribution < 1.29 is 9.59 Å². The highest BCUT2D eigenvalue weighted by Gasteiger charge is 2.50. The van der Waals surface area contributed by atoms with Gasteiger partial charge in [0.2, 0.25) is 5.91 Å². The van der Waals surface area contributed by atoms with Gasteiger partial charge in [0.25, 0.3) is 5.91 Å². The average molecular weight is 350 g/mol. The molecule has 6 nitrogen and oxygen atoms in total. The highest BCUT2D eigenvalue weighted by molar-refractivity contribution is 5.92. The van der Waals surface area contributed by atoms with Crippen LogP contribution in [0.4, 0.5) is 0 Å². The number of rotatable bonds is 2. The SMILES string of the molecule is CN1C(=O)[C@H](c2ccccc2)CC12CCN(C(=O)c1cnccn1)CC2. The van der Waals surface area contributed by atoms with E-state index in [9.17, 15) is 9.59 Å². The van der Waals surface area contributed by atoms with Gasteiger partial charge >= 0.3 is 0 Å². The van der Waals surface area contributed by atoms with Gasteiger partial charge < -0.3 is 9.80 Å². The first-order valence-electron chi connectivity index (χ1n) is 8.99. The largest absolute Gasteiger partial charge is 0.339 e. The molecule has 1 atom stereocenters.